The number of nitrogens with zero attached hydrogens (tertiary/aromatic N) is 1. The Kier molecular flexibility index (Phi) is 3.04. The second kappa shape index (κ2) is 4.28. The summed E-state index contributed by atoms with van der Waals surface area (Å²) < 4.78 is 1.29. The molecule has 0 N–H and O–H groups in total. The Hall–Kier alpha value is -0.600. The van der Waals surface area contributed by atoms with Crippen LogP contribution in [0.1, 0.15) is 17.0 Å². The van der Waals surface area contributed by atoms with Gasteiger partial charge in [0, 0.05) is 5.88 Å². The van der Waals surface area contributed by atoms with Crippen molar-refractivity contribution >= 4 is 33.2 Å². The van der Waals surface area contributed by atoms with Crippen LogP contribution in [0.25, 0.3) is 10.2 Å². The fraction of sp³-hybridized carbons (Fsp3) is 0.364. The average Bonchev–Trinajstić information content (AvgIpc) is 2.54. The highest BCUT2D eigenvalue weighted by Crippen LogP contribution is 2.23. The molecule has 0 bridgehead atoms. The zero-order valence-electron chi connectivity index (χ0n) is 8.09. The maximum absolute atomic E-state index is 5.66. The lowest BCUT2D eigenvalue weighted by Crippen LogP contribution is -1.85. The smallest absolute Gasteiger partial charge is 0.0907 e. The third kappa shape index (κ3) is 2.07. The first-order valence-corrected chi connectivity index (χ1v) is 6.07. The van der Waals surface area contributed by atoms with Crippen molar-refractivity contribution in [1.29, 1.82) is 0 Å². The molecule has 0 amide bonds. The molecular weight excluding hydrogens is 214 g/mol. The molecule has 0 aliphatic rings. The molecule has 0 saturated carbocycles. The van der Waals surface area contributed by atoms with Crippen molar-refractivity contribution in [1.82, 2.24) is 4.98 Å². The maximum atomic E-state index is 5.66. The highest BCUT2D eigenvalue weighted by molar-refractivity contribution is 7.18. The van der Waals surface area contributed by atoms with E-state index in [9.17, 15) is 0 Å². The molecule has 0 atom stereocenters. The average molecular weight is 226 g/mol. The number of hydrogen-bond donors (Lipinski definition) is 0. The summed E-state index contributed by atoms with van der Waals surface area (Å²) in [7, 11) is 0. The zero-order valence-corrected chi connectivity index (χ0v) is 9.66. The van der Waals surface area contributed by atoms with Gasteiger partial charge in [0.1, 0.15) is 0 Å². The highest BCUT2D eigenvalue weighted by Gasteiger charge is 2.01. The molecular formula is C11H12ClNS. The summed E-state index contributed by atoms with van der Waals surface area (Å²) in [4.78, 5) is 4.43. The summed E-state index contributed by atoms with van der Waals surface area (Å²) in [5.41, 5.74) is 2.48. The summed E-state index contributed by atoms with van der Waals surface area (Å²) in [5, 5.41) is 1.13. The van der Waals surface area contributed by atoms with E-state index in [1.807, 2.05) is 6.92 Å². The van der Waals surface area contributed by atoms with Gasteiger partial charge in [0.15, 0.2) is 0 Å². The van der Waals surface area contributed by atoms with Gasteiger partial charge in [0.2, 0.25) is 0 Å². The molecule has 0 fully saturated rings. The van der Waals surface area contributed by atoms with Gasteiger partial charge >= 0.3 is 0 Å². The summed E-state index contributed by atoms with van der Waals surface area (Å²) >= 11 is 7.42. The Morgan fingerprint density at radius 3 is 3.07 bits per heavy atom. The Morgan fingerprint density at radius 2 is 2.29 bits per heavy atom. The van der Waals surface area contributed by atoms with Gasteiger partial charge < -0.3 is 0 Å². The Labute approximate surface area is 92.7 Å². The number of aryl methyl sites for hydroxylation is 2. The number of aromatic nitrogens is 1. The molecule has 0 spiro atoms. The summed E-state index contributed by atoms with van der Waals surface area (Å²) in [6, 6.07) is 6.48. The Morgan fingerprint density at radius 1 is 1.43 bits per heavy atom. The molecule has 0 aliphatic heterocycles. The first-order chi connectivity index (χ1) is 6.79. The van der Waals surface area contributed by atoms with Crippen LogP contribution in [0.15, 0.2) is 18.2 Å². The van der Waals surface area contributed by atoms with Crippen LogP contribution in [0.5, 0.6) is 0 Å². The van der Waals surface area contributed by atoms with Crippen LogP contribution in [0.4, 0.5) is 0 Å². The van der Waals surface area contributed by atoms with Crippen molar-refractivity contribution in [2.45, 2.75) is 19.8 Å². The predicted molar refractivity (Wildman–Crippen MR) is 63.4 cm³/mol. The first kappa shape index (κ1) is 9.94. The maximum Gasteiger partial charge on any atom is 0.0907 e. The van der Waals surface area contributed by atoms with E-state index < -0.39 is 0 Å². The van der Waals surface area contributed by atoms with Gasteiger partial charge in [-0.2, -0.15) is 0 Å². The Bertz CT molecular complexity index is 436. The van der Waals surface area contributed by atoms with Gasteiger partial charge in [-0.15, -0.1) is 22.9 Å². The molecule has 0 radical (unpaired) electrons. The minimum absolute atomic E-state index is 0.736. The third-order valence-electron chi connectivity index (χ3n) is 2.16. The topological polar surface area (TPSA) is 12.9 Å². The molecule has 0 aliphatic carbocycles. The quantitative estimate of drug-likeness (QED) is 0.725. The lowest BCUT2D eigenvalue weighted by molar-refractivity contribution is 0.931. The fourth-order valence-electron chi connectivity index (χ4n) is 1.51. The van der Waals surface area contributed by atoms with E-state index in [1.54, 1.807) is 11.3 Å². The van der Waals surface area contributed by atoms with Crippen LogP contribution in [0.3, 0.4) is 0 Å². The van der Waals surface area contributed by atoms with Crippen molar-refractivity contribution in [3.8, 4) is 0 Å². The lowest BCUT2D eigenvalue weighted by atomic mass is 10.1. The van der Waals surface area contributed by atoms with Crippen molar-refractivity contribution in [3.05, 3.63) is 28.8 Å². The molecule has 0 unspecified atom stereocenters. The molecule has 2 rings (SSSR count). The predicted octanol–water partition coefficient (Wildman–Crippen LogP) is 3.78. The normalized spacial score (nSPS) is 11.0. The van der Waals surface area contributed by atoms with E-state index in [2.05, 4.69) is 23.2 Å². The van der Waals surface area contributed by atoms with E-state index in [1.165, 1.54) is 10.3 Å². The van der Waals surface area contributed by atoms with Gasteiger partial charge in [-0.25, -0.2) is 4.98 Å². The van der Waals surface area contributed by atoms with E-state index >= 15 is 0 Å². The van der Waals surface area contributed by atoms with Crippen LogP contribution in [0.2, 0.25) is 0 Å². The molecule has 14 heavy (non-hydrogen) atoms. The van der Waals surface area contributed by atoms with Gasteiger partial charge in [-0.05, 0) is 37.5 Å². The number of thiazole rings is 1. The molecule has 1 nitrogen and oxygen atoms in total. The largest absolute Gasteiger partial charge is 0.242 e. The van der Waals surface area contributed by atoms with E-state index in [0.717, 1.165) is 29.2 Å². The van der Waals surface area contributed by atoms with Gasteiger partial charge in [0.05, 0.1) is 15.2 Å². The van der Waals surface area contributed by atoms with E-state index in [0.29, 0.717) is 0 Å². The van der Waals surface area contributed by atoms with E-state index in [4.69, 9.17) is 11.6 Å². The number of fused-ring (bicyclic) bond motifs is 1. The van der Waals surface area contributed by atoms with Gasteiger partial charge in [-0.1, -0.05) is 6.07 Å². The number of rotatable bonds is 3. The lowest BCUT2D eigenvalue weighted by Gasteiger charge is -1.97. The SMILES string of the molecule is Cc1nc2ccc(CCCCl)cc2s1. The van der Waals surface area contributed by atoms with E-state index in [-0.39, 0.29) is 0 Å². The second-order valence-electron chi connectivity index (χ2n) is 3.33. The zero-order chi connectivity index (χ0) is 9.97. The van der Waals surface area contributed by atoms with Crippen molar-refractivity contribution in [2.75, 3.05) is 5.88 Å². The first-order valence-electron chi connectivity index (χ1n) is 4.71. The number of halogens is 1. The number of alkyl halides is 1. The minimum atomic E-state index is 0.736. The summed E-state index contributed by atoms with van der Waals surface area (Å²) in [6.07, 6.45) is 2.11. The molecule has 2 aromatic rings. The third-order valence-corrected chi connectivity index (χ3v) is 3.36. The molecule has 1 aromatic heterocycles. The minimum Gasteiger partial charge on any atom is -0.242 e. The summed E-state index contributed by atoms with van der Waals surface area (Å²) in [5.74, 6) is 0.736. The van der Waals surface area contributed by atoms with Crippen LogP contribution in [-0.2, 0) is 6.42 Å². The molecule has 3 heteroatoms. The van der Waals surface area contributed by atoms with Crippen LogP contribution < -0.4 is 0 Å². The molecule has 74 valence electrons. The van der Waals surface area contributed by atoms with Crippen LogP contribution >= 0.6 is 22.9 Å². The standard InChI is InChI=1S/C11H12ClNS/c1-8-13-10-5-4-9(3-2-6-12)7-11(10)14-8/h4-5,7H,2-3,6H2,1H3. The van der Waals surface area contributed by atoms with Gasteiger partial charge in [-0.3, -0.25) is 0 Å². The van der Waals surface area contributed by atoms with Crippen LogP contribution in [-0.4, -0.2) is 10.9 Å². The van der Waals surface area contributed by atoms with Crippen molar-refractivity contribution in [2.24, 2.45) is 0 Å². The fourth-order valence-corrected chi connectivity index (χ4v) is 2.54. The number of hydrogen-bond acceptors (Lipinski definition) is 2. The second-order valence-corrected chi connectivity index (χ2v) is 4.94. The highest BCUT2D eigenvalue weighted by atomic mass is 35.5. The molecule has 0 saturated heterocycles. The monoisotopic (exact) mass is 225 g/mol. The molecule has 1 heterocycles. The number of benzene rings is 1. The van der Waals surface area contributed by atoms with Gasteiger partial charge in [0.25, 0.3) is 0 Å². The Balaban J connectivity index is 2.31. The van der Waals surface area contributed by atoms with Crippen molar-refractivity contribution < 1.29 is 0 Å². The van der Waals surface area contributed by atoms with Crippen molar-refractivity contribution in [3.63, 3.8) is 0 Å². The molecule has 1 aromatic carbocycles. The summed E-state index contributed by atoms with van der Waals surface area (Å²) in [6.45, 7) is 2.04. The van der Waals surface area contributed by atoms with Crippen LogP contribution in [0, 0.1) is 6.92 Å².